The first-order chi connectivity index (χ1) is 19.4. The molecule has 0 aromatic heterocycles. The van der Waals surface area contributed by atoms with Crippen LogP contribution in [-0.4, -0.2) is 17.1 Å². The zero-order valence-electron chi connectivity index (χ0n) is 21.9. The Hall–Kier alpha value is -5.30. The fourth-order valence-electron chi connectivity index (χ4n) is 4.72. The largest absolute Gasteiger partial charge is 0.507 e. The van der Waals surface area contributed by atoms with Crippen LogP contribution < -0.4 is 16.4 Å². The normalized spacial score (nSPS) is 12.7. The molecule has 0 aliphatic carbocycles. The Morgan fingerprint density at radius 3 is 2.23 bits per heavy atom. The Morgan fingerprint density at radius 1 is 0.775 bits per heavy atom. The highest BCUT2D eigenvalue weighted by molar-refractivity contribution is 6.02. The highest BCUT2D eigenvalue weighted by Crippen LogP contribution is 2.36. The van der Waals surface area contributed by atoms with Gasteiger partial charge in [0.2, 0.25) is 5.91 Å². The average Bonchev–Trinajstić information content (AvgIpc) is 2.97. The number of anilines is 3. The summed E-state index contributed by atoms with van der Waals surface area (Å²) < 4.78 is 6.03. The molecule has 0 spiro atoms. The van der Waals surface area contributed by atoms with Crippen molar-refractivity contribution in [1.82, 2.24) is 0 Å². The molecule has 5 aromatic rings. The van der Waals surface area contributed by atoms with Gasteiger partial charge in [-0.25, -0.2) is 4.79 Å². The highest BCUT2D eigenvalue weighted by Gasteiger charge is 2.25. The van der Waals surface area contributed by atoms with Crippen molar-refractivity contribution in [2.75, 3.05) is 16.4 Å². The van der Waals surface area contributed by atoms with Crippen molar-refractivity contribution in [2.45, 2.75) is 13.0 Å². The van der Waals surface area contributed by atoms with Gasteiger partial charge in [-0.05, 0) is 41.1 Å². The second-order valence-electron chi connectivity index (χ2n) is 9.49. The lowest BCUT2D eigenvalue weighted by atomic mass is 9.92. The Bertz CT molecular complexity index is 1720. The fraction of sp³-hybridized carbons (Fsp3) is 0.0909. The third kappa shape index (κ3) is 5.73. The van der Waals surface area contributed by atoms with E-state index < -0.39 is 18.1 Å². The Morgan fingerprint density at radius 2 is 1.43 bits per heavy atom. The van der Waals surface area contributed by atoms with E-state index >= 15 is 0 Å². The molecule has 5 N–H and O–H groups in total. The third-order valence-electron chi connectivity index (χ3n) is 6.75. The predicted molar refractivity (Wildman–Crippen MR) is 160 cm³/mol. The molecule has 0 saturated carbocycles. The monoisotopic (exact) mass is 531 g/mol. The zero-order chi connectivity index (χ0) is 28.1. The van der Waals surface area contributed by atoms with Crippen LogP contribution in [0.1, 0.15) is 18.6 Å². The van der Waals surface area contributed by atoms with Crippen molar-refractivity contribution in [1.29, 1.82) is 0 Å². The van der Waals surface area contributed by atoms with Crippen LogP contribution >= 0.6 is 0 Å². The maximum Gasteiger partial charge on any atom is 0.412 e. The maximum atomic E-state index is 13.3. The topological polar surface area (TPSA) is 114 Å². The number of ether oxygens (including phenoxy) is 1. The van der Waals surface area contributed by atoms with Crippen molar-refractivity contribution < 1.29 is 19.4 Å². The number of hydrogen-bond acceptors (Lipinski definition) is 5. The van der Waals surface area contributed by atoms with E-state index in [-0.39, 0.29) is 11.7 Å². The number of phenolic OH excluding ortho intramolecular Hbond substituents is 1. The number of phenols is 1. The fourth-order valence-corrected chi connectivity index (χ4v) is 4.72. The molecule has 0 saturated heterocycles. The Kier molecular flexibility index (Phi) is 7.64. The van der Waals surface area contributed by atoms with Crippen molar-refractivity contribution >= 4 is 50.6 Å². The van der Waals surface area contributed by atoms with E-state index in [1.807, 2.05) is 67.6 Å². The minimum atomic E-state index is -0.772. The first kappa shape index (κ1) is 26.3. The van der Waals surface area contributed by atoms with Crippen LogP contribution in [0.2, 0.25) is 0 Å². The molecular weight excluding hydrogens is 502 g/mol. The van der Waals surface area contributed by atoms with Gasteiger partial charge in [-0.2, -0.15) is 0 Å². The smallest absolute Gasteiger partial charge is 0.412 e. The SMILES string of the molecule is C[C@H](/C=C/C(=O)Nc1ccccc1N)[C@H](OC(=O)Nc1cccc2ccccc12)c1ccc(O)c2ccccc12. The summed E-state index contributed by atoms with van der Waals surface area (Å²) in [6.45, 7) is 1.86. The molecule has 200 valence electrons. The van der Waals surface area contributed by atoms with E-state index in [4.69, 9.17) is 10.5 Å². The van der Waals surface area contributed by atoms with Gasteiger partial charge < -0.3 is 20.9 Å². The minimum absolute atomic E-state index is 0.126. The van der Waals surface area contributed by atoms with Gasteiger partial charge in [0.1, 0.15) is 11.9 Å². The summed E-state index contributed by atoms with van der Waals surface area (Å²) in [5.41, 5.74) is 8.24. The van der Waals surface area contributed by atoms with E-state index in [1.165, 1.54) is 6.08 Å². The van der Waals surface area contributed by atoms with E-state index in [0.717, 1.165) is 16.2 Å². The van der Waals surface area contributed by atoms with E-state index in [0.29, 0.717) is 28.0 Å². The molecule has 7 heteroatoms. The standard InChI is InChI=1S/C33H29N3O4/c1-21(17-20-31(38)35-29-15-7-6-14-27(29)34)32(26-18-19-30(37)25-13-5-4-12-24(25)26)40-33(39)36-28-16-8-10-22-9-2-3-11-23(22)28/h2-21,32,37H,34H2,1H3,(H,35,38)(H,36,39)/b20-17+/t21-,32+/m1/s1. The number of fused-ring (bicyclic) bond motifs is 2. The second kappa shape index (κ2) is 11.6. The summed E-state index contributed by atoms with van der Waals surface area (Å²) in [5.74, 6) is -0.648. The lowest BCUT2D eigenvalue weighted by molar-refractivity contribution is -0.111. The van der Waals surface area contributed by atoms with Gasteiger partial charge >= 0.3 is 6.09 Å². The van der Waals surface area contributed by atoms with Crippen LogP contribution in [0.15, 0.2) is 115 Å². The molecule has 7 nitrogen and oxygen atoms in total. The molecule has 0 bridgehead atoms. The van der Waals surface area contributed by atoms with Crippen LogP contribution in [0, 0.1) is 5.92 Å². The molecule has 2 atom stereocenters. The van der Waals surface area contributed by atoms with Crippen molar-refractivity contribution in [3.63, 3.8) is 0 Å². The number of benzene rings is 5. The van der Waals surface area contributed by atoms with Crippen molar-refractivity contribution in [3.8, 4) is 5.75 Å². The number of nitrogens with one attached hydrogen (secondary N) is 2. The number of rotatable bonds is 7. The Labute approximate surface area is 231 Å². The number of nitrogen functional groups attached to an aromatic ring is 1. The first-order valence-electron chi connectivity index (χ1n) is 12.9. The molecule has 0 unspecified atom stereocenters. The van der Waals surface area contributed by atoms with Gasteiger partial charge in [0.25, 0.3) is 0 Å². The van der Waals surface area contributed by atoms with Crippen LogP contribution in [0.25, 0.3) is 21.5 Å². The van der Waals surface area contributed by atoms with E-state index in [9.17, 15) is 14.7 Å². The number of carbonyl (C=O) groups excluding carboxylic acids is 2. The molecule has 0 aliphatic heterocycles. The first-order valence-corrected chi connectivity index (χ1v) is 12.9. The highest BCUT2D eigenvalue weighted by atomic mass is 16.6. The lowest BCUT2D eigenvalue weighted by Gasteiger charge is -2.24. The molecular formula is C33H29N3O4. The van der Waals surface area contributed by atoms with Gasteiger partial charge in [0.05, 0.1) is 17.1 Å². The molecule has 5 aromatic carbocycles. The molecule has 0 radical (unpaired) electrons. The van der Waals surface area contributed by atoms with Gasteiger partial charge in [0.15, 0.2) is 0 Å². The molecule has 0 aliphatic rings. The van der Waals surface area contributed by atoms with Crippen molar-refractivity contribution in [2.24, 2.45) is 5.92 Å². The van der Waals surface area contributed by atoms with Gasteiger partial charge in [-0.15, -0.1) is 0 Å². The summed E-state index contributed by atoms with van der Waals surface area (Å²) in [6.07, 6.45) is 1.68. The number of nitrogens with two attached hydrogens (primary N) is 1. The van der Waals surface area contributed by atoms with Crippen molar-refractivity contribution in [3.05, 3.63) is 121 Å². The summed E-state index contributed by atoms with van der Waals surface area (Å²) in [7, 11) is 0. The van der Waals surface area contributed by atoms with Gasteiger partial charge in [-0.1, -0.05) is 91.9 Å². The number of carbonyl (C=O) groups is 2. The molecule has 2 amide bonds. The van der Waals surface area contributed by atoms with Crippen LogP contribution in [0.5, 0.6) is 5.75 Å². The Balaban J connectivity index is 1.44. The lowest BCUT2D eigenvalue weighted by Crippen LogP contribution is -2.22. The van der Waals surface area contributed by atoms with Crippen LogP contribution in [-0.2, 0) is 9.53 Å². The number of aromatic hydroxyl groups is 1. The number of amides is 2. The summed E-state index contributed by atoms with van der Waals surface area (Å²) >= 11 is 0. The molecule has 5 rings (SSSR count). The van der Waals surface area contributed by atoms with Gasteiger partial charge in [0, 0.05) is 22.3 Å². The van der Waals surface area contributed by atoms with Crippen LogP contribution in [0.4, 0.5) is 21.9 Å². The number of hydrogen-bond donors (Lipinski definition) is 4. The second-order valence-corrected chi connectivity index (χ2v) is 9.49. The zero-order valence-corrected chi connectivity index (χ0v) is 21.9. The summed E-state index contributed by atoms with van der Waals surface area (Å²) in [6, 6.07) is 31.1. The third-order valence-corrected chi connectivity index (χ3v) is 6.75. The minimum Gasteiger partial charge on any atom is -0.507 e. The maximum absolute atomic E-state index is 13.3. The van der Waals surface area contributed by atoms with Gasteiger partial charge in [-0.3, -0.25) is 10.1 Å². The molecule has 0 heterocycles. The summed E-state index contributed by atoms with van der Waals surface area (Å²) in [4.78, 5) is 25.9. The molecule has 0 fully saturated rings. The number of para-hydroxylation sites is 2. The summed E-state index contributed by atoms with van der Waals surface area (Å²) in [5, 5.41) is 19.3. The van der Waals surface area contributed by atoms with Crippen LogP contribution in [0.3, 0.4) is 0 Å². The quantitative estimate of drug-likeness (QED) is 0.129. The average molecular weight is 532 g/mol. The van der Waals surface area contributed by atoms with E-state index in [1.54, 1.807) is 48.5 Å². The van der Waals surface area contributed by atoms with E-state index in [2.05, 4.69) is 10.6 Å². The predicted octanol–water partition coefficient (Wildman–Crippen LogP) is 7.40. The molecule has 40 heavy (non-hydrogen) atoms.